The van der Waals surface area contributed by atoms with E-state index in [0.717, 1.165) is 47.4 Å². The van der Waals surface area contributed by atoms with Crippen molar-refractivity contribution in [1.82, 2.24) is 24.5 Å². The molecular formula is C23H29F2N9. The number of hydrogen-bond donors (Lipinski definition) is 2. The van der Waals surface area contributed by atoms with Crippen LogP contribution in [-0.4, -0.2) is 63.6 Å². The Morgan fingerprint density at radius 1 is 1.21 bits per heavy atom. The summed E-state index contributed by atoms with van der Waals surface area (Å²) in [6.07, 6.45) is 5.18. The van der Waals surface area contributed by atoms with Crippen LogP contribution in [-0.2, 0) is 0 Å². The molecule has 3 aromatic heterocycles. The number of likely N-dealkylation sites (tertiary alicyclic amines) is 1. The molecule has 11 heteroatoms. The van der Waals surface area contributed by atoms with Crippen LogP contribution in [0.15, 0.2) is 34.6 Å². The summed E-state index contributed by atoms with van der Waals surface area (Å²) in [5, 5.41) is 19.1. The normalized spacial score (nSPS) is 21.7. The predicted molar refractivity (Wildman–Crippen MR) is 127 cm³/mol. The summed E-state index contributed by atoms with van der Waals surface area (Å²) in [6.45, 7) is 2.45. The number of alkyl halides is 2. The number of azo groups is 1. The number of anilines is 2. The number of aromatic nitrogens is 4. The van der Waals surface area contributed by atoms with E-state index < -0.39 is 12.0 Å². The minimum atomic E-state index is -2.87. The standard InChI is InChI=1S/C23H29F2N9/c1-4-5-6-16-19-17(31-30-16)8-7-15(27-19)14-9-12-34-20(14)21(26-2)29-22(32-34)28-18-10-11-33(3)13-23(18,24)25/h7-9,12,16,18H,4-6,10-11,13H2,1-3H3,(H2,26,28,29,32)/t16?,18-/m1/s1. The van der Waals surface area contributed by atoms with Crippen LogP contribution in [0, 0.1) is 0 Å². The lowest BCUT2D eigenvalue weighted by Crippen LogP contribution is -2.53. The van der Waals surface area contributed by atoms with Crippen molar-refractivity contribution in [2.45, 2.75) is 50.6 Å². The Labute approximate surface area is 196 Å². The molecule has 0 bridgehead atoms. The fourth-order valence-corrected chi connectivity index (χ4v) is 4.64. The summed E-state index contributed by atoms with van der Waals surface area (Å²) in [6, 6.07) is 4.73. The number of rotatable bonds is 7. The number of nitrogens with one attached hydrogen (secondary N) is 2. The lowest BCUT2D eigenvalue weighted by Gasteiger charge is -2.36. The minimum Gasteiger partial charge on any atom is -0.371 e. The van der Waals surface area contributed by atoms with E-state index in [9.17, 15) is 8.78 Å². The second kappa shape index (κ2) is 8.86. The van der Waals surface area contributed by atoms with Crippen LogP contribution in [0.3, 0.4) is 0 Å². The fraction of sp³-hybridized carbons (Fsp3) is 0.522. The van der Waals surface area contributed by atoms with Crippen molar-refractivity contribution in [3.8, 4) is 11.3 Å². The van der Waals surface area contributed by atoms with Crippen molar-refractivity contribution in [3.63, 3.8) is 0 Å². The van der Waals surface area contributed by atoms with Gasteiger partial charge in [-0.2, -0.15) is 15.2 Å². The van der Waals surface area contributed by atoms with Gasteiger partial charge in [0.05, 0.1) is 24.0 Å². The van der Waals surface area contributed by atoms with Gasteiger partial charge in [0.15, 0.2) is 5.82 Å². The van der Waals surface area contributed by atoms with Crippen LogP contribution in [0.2, 0.25) is 0 Å². The van der Waals surface area contributed by atoms with Crippen LogP contribution < -0.4 is 10.6 Å². The summed E-state index contributed by atoms with van der Waals surface area (Å²) in [7, 11) is 3.45. The van der Waals surface area contributed by atoms with Gasteiger partial charge in [-0.3, -0.25) is 0 Å². The third-order valence-corrected chi connectivity index (χ3v) is 6.47. The van der Waals surface area contributed by atoms with E-state index in [4.69, 9.17) is 4.98 Å². The maximum Gasteiger partial charge on any atom is 0.280 e. The van der Waals surface area contributed by atoms with Crippen molar-refractivity contribution in [1.29, 1.82) is 0 Å². The van der Waals surface area contributed by atoms with Gasteiger partial charge in [0.2, 0.25) is 5.95 Å². The minimum absolute atomic E-state index is 0.0178. The molecule has 5 heterocycles. The zero-order chi connectivity index (χ0) is 23.9. The van der Waals surface area contributed by atoms with Crippen molar-refractivity contribution in [2.24, 2.45) is 10.2 Å². The number of halogens is 2. The number of pyridine rings is 1. The first kappa shape index (κ1) is 22.6. The Bertz CT molecular complexity index is 1220. The largest absolute Gasteiger partial charge is 0.371 e. The Hall–Kier alpha value is -3.21. The van der Waals surface area contributed by atoms with Gasteiger partial charge in [0.1, 0.15) is 17.2 Å². The molecule has 1 unspecified atom stereocenters. The molecule has 0 spiro atoms. The second-order valence-corrected chi connectivity index (χ2v) is 9.02. The number of hydrogen-bond acceptors (Lipinski definition) is 8. The van der Waals surface area contributed by atoms with Crippen LogP contribution >= 0.6 is 0 Å². The highest BCUT2D eigenvalue weighted by Gasteiger charge is 2.44. The van der Waals surface area contributed by atoms with E-state index in [1.54, 1.807) is 29.7 Å². The number of piperidine rings is 1. The average Bonchev–Trinajstić information content (AvgIpc) is 3.42. The first-order valence-corrected chi connectivity index (χ1v) is 11.7. The average molecular weight is 470 g/mol. The predicted octanol–water partition coefficient (Wildman–Crippen LogP) is 4.91. The molecule has 0 radical (unpaired) electrons. The van der Waals surface area contributed by atoms with E-state index in [-0.39, 0.29) is 18.5 Å². The molecule has 2 aliphatic rings. The van der Waals surface area contributed by atoms with E-state index >= 15 is 0 Å². The molecule has 34 heavy (non-hydrogen) atoms. The van der Waals surface area contributed by atoms with Gasteiger partial charge >= 0.3 is 0 Å². The number of fused-ring (bicyclic) bond motifs is 2. The monoisotopic (exact) mass is 469 g/mol. The van der Waals surface area contributed by atoms with Crippen LogP contribution in [0.5, 0.6) is 0 Å². The van der Waals surface area contributed by atoms with E-state index in [1.807, 2.05) is 18.2 Å². The van der Waals surface area contributed by atoms with Gasteiger partial charge in [-0.15, -0.1) is 5.10 Å². The molecule has 0 saturated carbocycles. The highest BCUT2D eigenvalue weighted by molar-refractivity contribution is 5.87. The van der Waals surface area contributed by atoms with Crippen molar-refractivity contribution in [2.75, 3.05) is 37.8 Å². The molecule has 0 aliphatic carbocycles. The molecule has 3 aromatic rings. The van der Waals surface area contributed by atoms with Gasteiger partial charge in [-0.1, -0.05) is 19.8 Å². The van der Waals surface area contributed by atoms with Crippen molar-refractivity contribution < 1.29 is 8.78 Å². The lowest BCUT2D eigenvalue weighted by molar-refractivity contribution is -0.0675. The maximum atomic E-state index is 14.5. The molecule has 1 fully saturated rings. The maximum absolute atomic E-state index is 14.5. The molecule has 5 rings (SSSR count). The molecule has 2 N–H and O–H groups in total. The second-order valence-electron chi connectivity index (χ2n) is 9.02. The molecule has 0 amide bonds. The zero-order valence-corrected chi connectivity index (χ0v) is 19.6. The van der Waals surface area contributed by atoms with Crippen LogP contribution in [0.1, 0.15) is 44.3 Å². The van der Waals surface area contributed by atoms with Crippen LogP contribution in [0.4, 0.5) is 26.2 Å². The Kier molecular flexibility index (Phi) is 5.88. The zero-order valence-electron chi connectivity index (χ0n) is 19.6. The van der Waals surface area contributed by atoms with Gasteiger partial charge in [-0.25, -0.2) is 18.3 Å². The lowest BCUT2D eigenvalue weighted by atomic mass is 10.0. The van der Waals surface area contributed by atoms with Crippen molar-refractivity contribution >= 4 is 23.0 Å². The van der Waals surface area contributed by atoms with Gasteiger partial charge in [0.25, 0.3) is 5.92 Å². The van der Waals surface area contributed by atoms with E-state index in [2.05, 4.69) is 37.9 Å². The highest BCUT2D eigenvalue weighted by Crippen LogP contribution is 2.39. The first-order valence-electron chi connectivity index (χ1n) is 11.7. The summed E-state index contributed by atoms with van der Waals surface area (Å²) < 4.78 is 30.7. The number of unbranched alkanes of at least 4 members (excludes halogenated alkanes) is 1. The topological polar surface area (TPSA) is 95.1 Å². The van der Waals surface area contributed by atoms with Crippen molar-refractivity contribution in [3.05, 3.63) is 30.1 Å². The Morgan fingerprint density at radius 3 is 2.82 bits per heavy atom. The molecule has 2 aliphatic heterocycles. The molecular weight excluding hydrogens is 440 g/mol. The summed E-state index contributed by atoms with van der Waals surface area (Å²) in [5.41, 5.74) is 4.05. The van der Waals surface area contributed by atoms with Gasteiger partial charge < -0.3 is 15.5 Å². The van der Waals surface area contributed by atoms with Gasteiger partial charge in [-0.05, 0) is 38.1 Å². The Balaban J connectivity index is 1.47. The van der Waals surface area contributed by atoms with Gasteiger partial charge in [0, 0.05) is 25.4 Å². The summed E-state index contributed by atoms with van der Waals surface area (Å²) >= 11 is 0. The smallest absolute Gasteiger partial charge is 0.280 e. The third-order valence-electron chi connectivity index (χ3n) is 6.47. The molecule has 9 nitrogen and oxygen atoms in total. The molecule has 0 aromatic carbocycles. The quantitative estimate of drug-likeness (QED) is 0.510. The SMILES string of the molecule is CCCCC1N=Nc2ccc(-c3ccn4nc(N[C@@H]5CCN(C)CC5(F)F)nc(NC)c34)nc21. The molecule has 2 atom stereocenters. The first-order chi connectivity index (χ1) is 16.4. The van der Waals surface area contributed by atoms with E-state index in [1.165, 1.54) is 0 Å². The van der Waals surface area contributed by atoms with E-state index in [0.29, 0.717) is 18.8 Å². The highest BCUT2D eigenvalue weighted by atomic mass is 19.3. The third kappa shape index (κ3) is 4.08. The van der Waals surface area contributed by atoms with Crippen LogP contribution in [0.25, 0.3) is 16.8 Å². The number of nitrogens with zero attached hydrogens (tertiary/aromatic N) is 7. The molecule has 1 saturated heterocycles. The fourth-order valence-electron chi connectivity index (χ4n) is 4.64. The molecule has 180 valence electrons. The summed E-state index contributed by atoms with van der Waals surface area (Å²) in [5.74, 6) is -2.17. The summed E-state index contributed by atoms with van der Waals surface area (Å²) in [4.78, 5) is 11.0. The Morgan fingerprint density at radius 2 is 2.06 bits per heavy atom.